The van der Waals surface area contributed by atoms with Crippen molar-refractivity contribution in [2.75, 3.05) is 6.61 Å². The van der Waals surface area contributed by atoms with Crippen molar-refractivity contribution in [1.29, 1.82) is 0 Å². The summed E-state index contributed by atoms with van der Waals surface area (Å²) in [6.07, 6.45) is 3.56. The van der Waals surface area contributed by atoms with Crippen LogP contribution in [0.3, 0.4) is 0 Å². The van der Waals surface area contributed by atoms with Crippen LogP contribution in [0.5, 0.6) is 0 Å². The van der Waals surface area contributed by atoms with Crippen LogP contribution in [-0.2, 0) is 11.3 Å². The van der Waals surface area contributed by atoms with Gasteiger partial charge in [-0.25, -0.2) is 4.79 Å². The molecular formula is C14H18N2O2. The summed E-state index contributed by atoms with van der Waals surface area (Å²) in [5, 5.41) is 0. The molecule has 1 aromatic carbocycles. The van der Waals surface area contributed by atoms with Gasteiger partial charge < -0.3 is 9.72 Å². The number of H-pyrrole nitrogens is 1. The van der Waals surface area contributed by atoms with Crippen LogP contribution >= 0.6 is 0 Å². The predicted octanol–water partition coefficient (Wildman–Crippen LogP) is 2.21. The summed E-state index contributed by atoms with van der Waals surface area (Å²) in [6.45, 7) is 3.49. The van der Waals surface area contributed by atoms with Crippen LogP contribution in [-0.4, -0.2) is 22.3 Å². The Labute approximate surface area is 106 Å². The summed E-state index contributed by atoms with van der Waals surface area (Å²) in [7, 11) is 0. The third-order valence-corrected chi connectivity index (χ3v) is 3.68. The van der Waals surface area contributed by atoms with Gasteiger partial charge >= 0.3 is 5.69 Å². The number of rotatable bonds is 2. The van der Waals surface area contributed by atoms with Gasteiger partial charge in [0.15, 0.2) is 0 Å². The number of aromatic nitrogens is 2. The van der Waals surface area contributed by atoms with E-state index >= 15 is 0 Å². The zero-order valence-corrected chi connectivity index (χ0v) is 10.6. The molecule has 3 rings (SSSR count). The van der Waals surface area contributed by atoms with E-state index in [4.69, 9.17) is 4.74 Å². The lowest BCUT2D eigenvalue weighted by Crippen LogP contribution is -2.29. The fourth-order valence-corrected chi connectivity index (χ4v) is 2.66. The van der Waals surface area contributed by atoms with Gasteiger partial charge in [-0.3, -0.25) is 4.57 Å². The molecule has 0 spiro atoms. The number of nitrogens with zero attached hydrogens (tertiary/aromatic N) is 1. The summed E-state index contributed by atoms with van der Waals surface area (Å²) in [4.78, 5) is 15.0. The maximum absolute atomic E-state index is 12.0. The van der Waals surface area contributed by atoms with Crippen LogP contribution in [0.15, 0.2) is 23.0 Å². The Morgan fingerprint density at radius 3 is 3.11 bits per heavy atom. The molecule has 4 heteroatoms. The summed E-state index contributed by atoms with van der Waals surface area (Å²) in [5.74, 6) is 0. The lowest BCUT2D eigenvalue weighted by Gasteiger charge is -2.22. The van der Waals surface area contributed by atoms with Crippen LogP contribution < -0.4 is 5.69 Å². The third-order valence-electron chi connectivity index (χ3n) is 3.68. The molecule has 1 N–H and O–H groups in total. The van der Waals surface area contributed by atoms with E-state index in [1.54, 1.807) is 4.57 Å². The van der Waals surface area contributed by atoms with E-state index in [0.717, 1.165) is 36.0 Å². The molecule has 1 unspecified atom stereocenters. The van der Waals surface area contributed by atoms with Crippen molar-refractivity contribution in [2.24, 2.45) is 0 Å². The molecule has 18 heavy (non-hydrogen) atoms. The number of aromatic amines is 1. The first kappa shape index (κ1) is 11.5. The van der Waals surface area contributed by atoms with Crippen molar-refractivity contribution in [3.63, 3.8) is 0 Å². The molecule has 2 heterocycles. The number of imidazole rings is 1. The maximum atomic E-state index is 12.0. The second-order valence-corrected chi connectivity index (χ2v) is 5.00. The highest BCUT2D eigenvalue weighted by Crippen LogP contribution is 2.18. The van der Waals surface area contributed by atoms with E-state index in [9.17, 15) is 4.79 Å². The fraction of sp³-hybridized carbons (Fsp3) is 0.500. The maximum Gasteiger partial charge on any atom is 0.326 e. The normalized spacial score (nSPS) is 20.4. The summed E-state index contributed by atoms with van der Waals surface area (Å²) < 4.78 is 7.52. The molecule has 0 bridgehead atoms. The van der Waals surface area contributed by atoms with Crippen LogP contribution in [0, 0.1) is 6.92 Å². The summed E-state index contributed by atoms with van der Waals surface area (Å²) in [6, 6.07) is 5.99. The Hall–Kier alpha value is -1.55. The standard InChI is InChI=1S/C14H18N2O2/c1-10-5-4-7-12-13(10)15-14(17)16(12)9-11-6-2-3-8-18-11/h4-5,7,11H,2-3,6,8-9H2,1H3,(H,15,17). The van der Waals surface area contributed by atoms with E-state index in [2.05, 4.69) is 4.98 Å². The minimum atomic E-state index is -0.0338. The smallest absolute Gasteiger partial charge is 0.326 e. The number of hydrogen-bond donors (Lipinski definition) is 1. The van der Waals surface area contributed by atoms with Gasteiger partial charge in [0.1, 0.15) is 0 Å². The van der Waals surface area contributed by atoms with Crippen molar-refractivity contribution >= 4 is 11.0 Å². The molecule has 96 valence electrons. The molecule has 1 aliphatic heterocycles. The number of hydrogen-bond acceptors (Lipinski definition) is 2. The van der Waals surface area contributed by atoms with Gasteiger partial charge in [0.25, 0.3) is 0 Å². The molecule has 1 saturated heterocycles. The molecule has 0 amide bonds. The van der Waals surface area contributed by atoms with E-state index < -0.39 is 0 Å². The zero-order chi connectivity index (χ0) is 12.5. The van der Waals surface area contributed by atoms with Gasteiger partial charge in [-0.2, -0.15) is 0 Å². The minimum Gasteiger partial charge on any atom is -0.376 e. The van der Waals surface area contributed by atoms with Gasteiger partial charge in [0.05, 0.1) is 23.7 Å². The molecule has 0 radical (unpaired) electrons. The summed E-state index contributed by atoms with van der Waals surface area (Å²) >= 11 is 0. The zero-order valence-electron chi connectivity index (χ0n) is 10.6. The largest absolute Gasteiger partial charge is 0.376 e. The molecule has 0 saturated carbocycles. The topological polar surface area (TPSA) is 47.0 Å². The minimum absolute atomic E-state index is 0.0338. The van der Waals surface area contributed by atoms with Crippen molar-refractivity contribution in [2.45, 2.75) is 38.8 Å². The Kier molecular flexibility index (Phi) is 2.96. The number of ether oxygens (including phenoxy) is 1. The van der Waals surface area contributed by atoms with E-state index in [0.29, 0.717) is 6.54 Å². The first-order chi connectivity index (χ1) is 8.75. The Bertz CT molecular complexity index is 606. The van der Waals surface area contributed by atoms with Crippen LogP contribution in [0.1, 0.15) is 24.8 Å². The number of para-hydroxylation sites is 1. The highest BCUT2D eigenvalue weighted by Gasteiger charge is 2.17. The Morgan fingerprint density at radius 1 is 1.44 bits per heavy atom. The Morgan fingerprint density at radius 2 is 2.33 bits per heavy atom. The third kappa shape index (κ3) is 1.97. The molecule has 1 atom stereocenters. The quantitative estimate of drug-likeness (QED) is 0.883. The second kappa shape index (κ2) is 4.61. The predicted molar refractivity (Wildman–Crippen MR) is 70.9 cm³/mol. The van der Waals surface area contributed by atoms with E-state index in [1.165, 1.54) is 6.42 Å². The summed E-state index contributed by atoms with van der Waals surface area (Å²) in [5.41, 5.74) is 2.99. The van der Waals surface area contributed by atoms with Gasteiger partial charge in [0, 0.05) is 6.61 Å². The lowest BCUT2D eigenvalue weighted by atomic mass is 10.1. The van der Waals surface area contributed by atoms with Crippen molar-refractivity contribution in [3.8, 4) is 0 Å². The number of aryl methyl sites for hydroxylation is 1. The Balaban J connectivity index is 1.98. The number of nitrogens with one attached hydrogen (secondary N) is 1. The number of benzene rings is 1. The van der Waals surface area contributed by atoms with Gasteiger partial charge in [-0.05, 0) is 37.8 Å². The van der Waals surface area contributed by atoms with Crippen LogP contribution in [0.25, 0.3) is 11.0 Å². The van der Waals surface area contributed by atoms with Crippen molar-refractivity contribution in [3.05, 3.63) is 34.2 Å². The van der Waals surface area contributed by atoms with Crippen molar-refractivity contribution < 1.29 is 4.74 Å². The molecule has 1 fully saturated rings. The molecular weight excluding hydrogens is 228 g/mol. The number of fused-ring (bicyclic) bond motifs is 1. The fourth-order valence-electron chi connectivity index (χ4n) is 2.66. The first-order valence-corrected chi connectivity index (χ1v) is 6.55. The molecule has 2 aromatic rings. The van der Waals surface area contributed by atoms with Gasteiger partial charge in [-0.1, -0.05) is 12.1 Å². The average Bonchev–Trinajstić information content (AvgIpc) is 2.70. The molecule has 1 aliphatic rings. The van der Waals surface area contributed by atoms with Gasteiger partial charge in [0.2, 0.25) is 0 Å². The van der Waals surface area contributed by atoms with E-state index in [-0.39, 0.29) is 11.8 Å². The van der Waals surface area contributed by atoms with Crippen LogP contribution in [0.4, 0.5) is 0 Å². The monoisotopic (exact) mass is 246 g/mol. The molecule has 1 aromatic heterocycles. The first-order valence-electron chi connectivity index (χ1n) is 6.55. The molecule has 4 nitrogen and oxygen atoms in total. The van der Waals surface area contributed by atoms with Gasteiger partial charge in [-0.15, -0.1) is 0 Å². The van der Waals surface area contributed by atoms with Crippen molar-refractivity contribution in [1.82, 2.24) is 9.55 Å². The SMILES string of the molecule is Cc1cccc2c1[nH]c(=O)n2CC1CCCCO1. The highest BCUT2D eigenvalue weighted by molar-refractivity contribution is 5.78. The second-order valence-electron chi connectivity index (χ2n) is 5.00. The lowest BCUT2D eigenvalue weighted by molar-refractivity contribution is 0.00613. The average molecular weight is 246 g/mol. The van der Waals surface area contributed by atoms with Crippen LogP contribution in [0.2, 0.25) is 0 Å². The highest BCUT2D eigenvalue weighted by atomic mass is 16.5. The molecule has 0 aliphatic carbocycles. The van der Waals surface area contributed by atoms with E-state index in [1.807, 2.05) is 25.1 Å².